The van der Waals surface area contributed by atoms with Gasteiger partial charge in [-0.25, -0.2) is 4.68 Å². The number of carbonyl (C=O) groups excluding carboxylic acids is 2. The summed E-state index contributed by atoms with van der Waals surface area (Å²) in [7, 11) is 1.88. The second-order valence-electron chi connectivity index (χ2n) is 7.41. The van der Waals surface area contributed by atoms with Crippen LogP contribution in [-0.4, -0.2) is 33.4 Å². The summed E-state index contributed by atoms with van der Waals surface area (Å²) in [4.78, 5) is 26.8. The Hall–Kier alpha value is -3.48. The third kappa shape index (κ3) is 3.70. The molecule has 0 bridgehead atoms. The molecule has 0 atom stereocenters. The zero-order chi connectivity index (χ0) is 21.1. The smallest absolute Gasteiger partial charge is 0.229 e. The van der Waals surface area contributed by atoms with Crippen molar-refractivity contribution in [3.63, 3.8) is 0 Å². The molecule has 0 unspecified atom stereocenters. The van der Waals surface area contributed by atoms with Gasteiger partial charge in [0, 0.05) is 37.6 Å². The Morgan fingerprint density at radius 2 is 1.77 bits per heavy atom. The Morgan fingerprint density at radius 1 is 1.03 bits per heavy atom. The third-order valence-corrected chi connectivity index (χ3v) is 5.32. The molecule has 154 valence electrons. The number of anilines is 1. The lowest BCUT2D eigenvalue weighted by Gasteiger charge is -2.28. The van der Waals surface area contributed by atoms with Gasteiger partial charge in [0.15, 0.2) is 0 Å². The van der Waals surface area contributed by atoms with Crippen molar-refractivity contribution in [2.75, 3.05) is 11.4 Å². The van der Waals surface area contributed by atoms with Crippen molar-refractivity contribution >= 4 is 17.5 Å². The molecule has 4 rings (SSSR count). The highest BCUT2D eigenvalue weighted by molar-refractivity contribution is 6.00. The Labute approximate surface area is 175 Å². The van der Waals surface area contributed by atoms with Gasteiger partial charge in [0.25, 0.3) is 0 Å². The average molecular weight is 403 g/mol. The predicted molar refractivity (Wildman–Crippen MR) is 116 cm³/mol. The van der Waals surface area contributed by atoms with Gasteiger partial charge in [-0.15, -0.1) is 5.10 Å². The fraction of sp³-hybridized carbons (Fsp3) is 0.304. The number of amides is 2. The second-order valence-corrected chi connectivity index (χ2v) is 7.41. The van der Waals surface area contributed by atoms with Crippen molar-refractivity contribution in [2.24, 2.45) is 7.05 Å². The minimum absolute atomic E-state index is 0.0205. The van der Waals surface area contributed by atoms with Crippen molar-refractivity contribution in [3.8, 4) is 22.5 Å². The molecular formula is C23H25N5O2. The summed E-state index contributed by atoms with van der Waals surface area (Å²) in [6.07, 6.45) is 1.50. The van der Waals surface area contributed by atoms with Crippen LogP contribution in [0.4, 0.5) is 5.69 Å². The summed E-state index contributed by atoms with van der Waals surface area (Å²) in [5.74, 6) is -0.0608. The lowest BCUT2D eigenvalue weighted by atomic mass is 9.95. The average Bonchev–Trinajstić information content (AvgIpc) is 3.12. The van der Waals surface area contributed by atoms with Crippen LogP contribution in [0.25, 0.3) is 22.5 Å². The van der Waals surface area contributed by atoms with Crippen molar-refractivity contribution in [2.45, 2.75) is 32.7 Å². The Balaban J connectivity index is 1.72. The lowest BCUT2D eigenvalue weighted by Crippen LogP contribution is -2.35. The van der Waals surface area contributed by atoms with Crippen LogP contribution in [0.2, 0.25) is 0 Å². The van der Waals surface area contributed by atoms with Crippen LogP contribution in [0, 0.1) is 0 Å². The van der Waals surface area contributed by atoms with E-state index in [9.17, 15) is 9.59 Å². The molecular weight excluding hydrogens is 378 g/mol. The summed E-state index contributed by atoms with van der Waals surface area (Å²) in [5, 5.41) is 11.5. The first-order chi connectivity index (χ1) is 14.6. The lowest BCUT2D eigenvalue weighted by molar-refractivity contribution is -0.121. The van der Waals surface area contributed by atoms with Gasteiger partial charge in [-0.1, -0.05) is 54.6 Å². The third-order valence-electron chi connectivity index (χ3n) is 5.32. The quantitative estimate of drug-likeness (QED) is 0.709. The maximum atomic E-state index is 13.2. The molecule has 3 aromatic rings. The van der Waals surface area contributed by atoms with E-state index in [1.165, 1.54) is 0 Å². The number of benzene rings is 2. The zero-order valence-corrected chi connectivity index (χ0v) is 17.3. The molecule has 0 fully saturated rings. The molecule has 2 amide bonds. The van der Waals surface area contributed by atoms with Gasteiger partial charge in [0.2, 0.25) is 11.8 Å². The van der Waals surface area contributed by atoms with E-state index < -0.39 is 0 Å². The SMILES string of the molecule is CCCC(=O)NCCC(=O)N1Cc2ccccc2-c2c(nnn2C)-c2ccccc21. The number of hydrogen-bond donors (Lipinski definition) is 1. The molecule has 0 radical (unpaired) electrons. The number of fused-ring (bicyclic) bond motifs is 5. The second kappa shape index (κ2) is 8.49. The summed E-state index contributed by atoms with van der Waals surface area (Å²) in [5.41, 5.74) is 5.42. The van der Waals surface area contributed by atoms with Gasteiger partial charge in [-0.3, -0.25) is 9.59 Å². The molecule has 1 aromatic heterocycles. The number of carbonyl (C=O) groups is 2. The van der Waals surface area contributed by atoms with Crippen LogP contribution >= 0.6 is 0 Å². The Morgan fingerprint density at radius 3 is 2.57 bits per heavy atom. The fourth-order valence-electron chi connectivity index (χ4n) is 3.88. The fourth-order valence-corrected chi connectivity index (χ4v) is 3.88. The molecule has 0 aliphatic carbocycles. The normalized spacial score (nSPS) is 12.3. The molecule has 2 aromatic carbocycles. The first-order valence-electron chi connectivity index (χ1n) is 10.2. The van der Waals surface area contributed by atoms with E-state index in [2.05, 4.69) is 15.6 Å². The standard InChI is InChI=1S/C23H25N5O2/c1-3-8-20(29)24-14-13-21(30)28-15-16-9-4-5-10-17(16)23-22(25-26-27(23)2)18-11-6-7-12-19(18)28/h4-7,9-12H,3,8,13-15H2,1-2H3,(H,24,29). The summed E-state index contributed by atoms with van der Waals surface area (Å²) in [6.45, 7) is 2.73. The van der Waals surface area contributed by atoms with Crippen LogP contribution in [0.1, 0.15) is 31.7 Å². The van der Waals surface area contributed by atoms with Crippen molar-refractivity contribution in [1.29, 1.82) is 0 Å². The van der Waals surface area contributed by atoms with E-state index >= 15 is 0 Å². The van der Waals surface area contributed by atoms with Crippen LogP contribution in [0.15, 0.2) is 48.5 Å². The van der Waals surface area contributed by atoms with Crippen LogP contribution in [0.5, 0.6) is 0 Å². The Bertz CT molecular complexity index is 1090. The van der Waals surface area contributed by atoms with E-state index in [4.69, 9.17) is 0 Å². The number of hydrogen-bond acceptors (Lipinski definition) is 4. The van der Waals surface area contributed by atoms with Crippen molar-refractivity contribution in [3.05, 3.63) is 54.1 Å². The maximum Gasteiger partial charge on any atom is 0.229 e. The van der Waals surface area contributed by atoms with Crippen molar-refractivity contribution < 1.29 is 9.59 Å². The number of aromatic nitrogens is 3. The van der Waals surface area contributed by atoms with Gasteiger partial charge in [0.05, 0.1) is 17.9 Å². The molecule has 1 aliphatic heterocycles. The van der Waals surface area contributed by atoms with Crippen molar-refractivity contribution in [1.82, 2.24) is 20.3 Å². The molecule has 2 heterocycles. The van der Waals surface area contributed by atoms with Gasteiger partial charge < -0.3 is 10.2 Å². The van der Waals surface area contributed by atoms with Gasteiger partial charge in [-0.05, 0) is 18.1 Å². The summed E-state index contributed by atoms with van der Waals surface area (Å²) >= 11 is 0. The number of aryl methyl sites for hydroxylation is 1. The molecule has 7 nitrogen and oxygen atoms in total. The number of para-hydroxylation sites is 1. The van der Waals surface area contributed by atoms with Gasteiger partial charge >= 0.3 is 0 Å². The van der Waals surface area contributed by atoms with Gasteiger partial charge in [-0.2, -0.15) is 0 Å². The van der Waals surface area contributed by atoms with Crippen LogP contribution in [0.3, 0.4) is 0 Å². The molecule has 1 aliphatic rings. The van der Waals surface area contributed by atoms with E-state index in [0.29, 0.717) is 19.5 Å². The topological polar surface area (TPSA) is 80.1 Å². The van der Waals surface area contributed by atoms with E-state index in [1.54, 1.807) is 9.58 Å². The molecule has 0 saturated heterocycles. The van der Waals surface area contributed by atoms with Gasteiger partial charge in [0.1, 0.15) is 5.69 Å². The minimum Gasteiger partial charge on any atom is -0.356 e. The molecule has 0 saturated carbocycles. The first kappa shape index (κ1) is 19.8. The molecule has 0 spiro atoms. The van der Waals surface area contributed by atoms with Crippen LogP contribution < -0.4 is 10.2 Å². The monoisotopic (exact) mass is 403 g/mol. The highest BCUT2D eigenvalue weighted by Gasteiger charge is 2.28. The zero-order valence-electron chi connectivity index (χ0n) is 17.3. The Kier molecular flexibility index (Phi) is 5.61. The van der Waals surface area contributed by atoms with E-state index in [-0.39, 0.29) is 18.2 Å². The predicted octanol–water partition coefficient (Wildman–Crippen LogP) is 3.30. The number of nitrogens with one attached hydrogen (secondary N) is 1. The largest absolute Gasteiger partial charge is 0.356 e. The van der Waals surface area contributed by atoms with E-state index in [1.807, 2.05) is 62.5 Å². The van der Waals surface area contributed by atoms with Crippen LogP contribution in [-0.2, 0) is 23.2 Å². The number of nitrogens with zero attached hydrogens (tertiary/aromatic N) is 4. The molecule has 1 N–H and O–H groups in total. The molecule has 7 heteroatoms. The maximum absolute atomic E-state index is 13.2. The number of rotatable bonds is 5. The first-order valence-corrected chi connectivity index (χ1v) is 10.2. The molecule has 30 heavy (non-hydrogen) atoms. The van der Waals surface area contributed by atoms with E-state index in [0.717, 1.165) is 40.2 Å². The summed E-state index contributed by atoms with van der Waals surface area (Å²) < 4.78 is 1.78. The highest BCUT2D eigenvalue weighted by atomic mass is 16.2. The minimum atomic E-state index is -0.0404. The summed E-state index contributed by atoms with van der Waals surface area (Å²) in [6, 6.07) is 15.8. The highest BCUT2D eigenvalue weighted by Crippen LogP contribution is 2.40.